The molecule has 94 valence electrons. The Kier molecular flexibility index (Phi) is 4.14. The van der Waals surface area contributed by atoms with E-state index in [2.05, 4.69) is 15.6 Å². The smallest absolute Gasteiger partial charge is 0.220 e. The number of imidazole rings is 1. The van der Waals surface area contributed by atoms with E-state index in [0.29, 0.717) is 12.5 Å². The summed E-state index contributed by atoms with van der Waals surface area (Å²) in [5, 5.41) is 6.27. The maximum absolute atomic E-state index is 11.4. The number of carbonyl (C=O) groups is 1. The van der Waals surface area contributed by atoms with Crippen LogP contribution >= 0.6 is 0 Å². The van der Waals surface area contributed by atoms with Crippen LogP contribution < -0.4 is 10.6 Å². The highest BCUT2D eigenvalue weighted by molar-refractivity contribution is 5.76. The number of hydrogen-bond donors (Lipinski definition) is 2. The van der Waals surface area contributed by atoms with Crippen molar-refractivity contribution in [2.75, 3.05) is 6.54 Å². The van der Waals surface area contributed by atoms with Gasteiger partial charge in [0, 0.05) is 31.9 Å². The number of hydrogen-bond acceptors (Lipinski definition) is 3. The van der Waals surface area contributed by atoms with Gasteiger partial charge in [0.2, 0.25) is 5.91 Å². The standard InChI is InChI=1S/C12H20N4O/c1-16-8-7-14-11(16)9-13-6-2-3-12(17)15-10-4-5-10/h7-8,10,13H,2-6,9H2,1H3,(H,15,17). The van der Waals surface area contributed by atoms with Crippen molar-refractivity contribution in [1.29, 1.82) is 0 Å². The van der Waals surface area contributed by atoms with Gasteiger partial charge in [-0.1, -0.05) is 0 Å². The van der Waals surface area contributed by atoms with Crippen LogP contribution in [0, 0.1) is 0 Å². The van der Waals surface area contributed by atoms with Crippen molar-refractivity contribution in [1.82, 2.24) is 20.2 Å². The molecule has 2 N–H and O–H groups in total. The predicted octanol–water partition coefficient (Wildman–Crippen LogP) is 0.568. The predicted molar refractivity (Wildman–Crippen MR) is 65.3 cm³/mol. The maximum Gasteiger partial charge on any atom is 0.220 e. The van der Waals surface area contributed by atoms with Crippen LogP contribution in [0.15, 0.2) is 12.4 Å². The minimum absolute atomic E-state index is 0.186. The van der Waals surface area contributed by atoms with Gasteiger partial charge >= 0.3 is 0 Å². The first-order chi connectivity index (χ1) is 8.25. The summed E-state index contributed by atoms with van der Waals surface area (Å²) in [5.74, 6) is 1.21. The summed E-state index contributed by atoms with van der Waals surface area (Å²) in [6, 6.07) is 0.475. The Hall–Kier alpha value is -1.36. The third kappa shape index (κ3) is 4.19. The molecule has 17 heavy (non-hydrogen) atoms. The lowest BCUT2D eigenvalue weighted by atomic mass is 10.3. The van der Waals surface area contributed by atoms with Crippen LogP contribution in [0.2, 0.25) is 0 Å². The number of nitrogens with one attached hydrogen (secondary N) is 2. The average molecular weight is 236 g/mol. The quantitative estimate of drug-likeness (QED) is 0.680. The van der Waals surface area contributed by atoms with E-state index in [9.17, 15) is 4.79 Å². The average Bonchev–Trinajstić information content (AvgIpc) is 3.01. The monoisotopic (exact) mass is 236 g/mol. The van der Waals surface area contributed by atoms with Crippen LogP contribution in [-0.2, 0) is 18.4 Å². The summed E-state index contributed by atoms with van der Waals surface area (Å²) < 4.78 is 1.99. The Morgan fingerprint density at radius 3 is 3.06 bits per heavy atom. The number of aryl methyl sites for hydroxylation is 1. The lowest BCUT2D eigenvalue weighted by Gasteiger charge is -2.05. The highest BCUT2D eigenvalue weighted by Gasteiger charge is 2.22. The summed E-state index contributed by atoms with van der Waals surface area (Å²) in [6.07, 6.45) is 7.53. The molecule has 0 saturated heterocycles. The van der Waals surface area contributed by atoms with Gasteiger partial charge in [0.1, 0.15) is 5.82 Å². The molecule has 0 spiro atoms. The highest BCUT2D eigenvalue weighted by Crippen LogP contribution is 2.18. The molecule has 0 unspecified atom stereocenters. The third-order valence-corrected chi connectivity index (χ3v) is 2.90. The van der Waals surface area contributed by atoms with Crippen molar-refractivity contribution < 1.29 is 4.79 Å². The molecule has 5 heteroatoms. The van der Waals surface area contributed by atoms with Crippen LogP contribution in [0.4, 0.5) is 0 Å². The van der Waals surface area contributed by atoms with Gasteiger partial charge < -0.3 is 15.2 Å². The molecule has 1 aromatic heterocycles. The number of amides is 1. The second kappa shape index (κ2) is 5.82. The molecule has 5 nitrogen and oxygen atoms in total. The Morgan fingerprint density at radius 2 is 2.41 bits per heavy atom. The second-order valence-electron chi connectivity index (χ2n) is 4.58. The van der Waals surface area contributed by atoms with E-state index in [1.165, 1.54) is 0 Å². The summed E-state index contributed by atoms with van der Waals surface area (Å²) in [4.78, 5) is 15.6. The van der Waals surface area contributed by atoms with Crippen LogP contribution in [0.3, 0.4) is 0 Å². The van der Waals surface area contributed by atoms with Gasteiger partial charge in [-0.15, -0.1) is 0 Å². The van der Waals surface area contributed by atoms with Gasteiger partial charge in [0.15, 0.2) is 0 Å². The highest BCUT2D eigenvalue weighted by atomic mass is 16.1. The molecule has 1 aliphatic rings. The molecule has 1 saturated carbocycles. The van der Waals surface area contributed by atoms with E-state index >= 15 is 0 Å². The molecule has 1 amide bonds. The van der Waals surface area contributed by atoms with Crippen LogP contribution in [0.5, 0.6) is 0 Å². The topological polar surface area (TPSA) is 59.0 Å². The maximum atomic E-state index is 11.4. The molecule has 0 aromatic carbocycles. The zero-order valence-electron chi connectivity index (χ0n) is 10.3. The van der Waals surface area contributed by atoms with Crippen molar-refractivity contribution in [3.05, 3.63) is 18.2 Å². The lowest BCUT2D eigenvalue weighted by Crippen LogP contribution is -2.26. The van der Waals surface area contributed by atoms with Crippen molar-refractivity contribution in [3.63, 3.8) is 0 Å². The first kappa shape index (κ1) is 12.1. The molecule has 0 radical (unpaired) electrons. The van der Waals surface area contributed by atoms with Gasteiger partial charge in [0.05, 0.1) is 6.54 Å². The van der Waals surface area contributed by atoms with Gasteiger partial charge in [-0.2, -0.15) is 0 Å². The fourth-order valence-electron chi connectivity index (χ4n) is 1.67. The Labute approximate surface area is 102 Å². The molecular weight excluding hydrogens is 216 g/mol. The lowest BCUT2D eigenvalue weighted by molar-refractivity contribution is -0.121. The first-order valence-electron chi connectivity index (χ1n) is 6.22. The minimum atomic E-state index is 0.186. The second-order valence-corrected chi connectivity index (χ2v) is 4.58. The van der Waals surface area contributed by atoms with E-state index in [0.717, 1.165) is 38.2 Å². The van der Waals surface area contributed by atoms with Crippen LogP contribution in [0.25, 0.3) is 0 Å². The first-order valence-corrected chi connectivity index (χ1v) is 6.22. The number of nitrogens with zero attached hydrogens (tertiary/aromatic N) is 2. The zero-order valence-corrected chi connectivity index (χ0v) is 10.3. The summed E-state index contributed by atoms with van der Waals surface area (Å²) in [5.41, 5.74) is 0. The Balaban J connectivity index is 1.51. The van der Waals surface area contributed by atoms with Crippen molar-refractivity contribution in [2.45, 2.75) is 38.3 Å². The van der Waals surface area contributed by atoms with E-state index in [1.54, 1.807) is 6.20 Å². The molecule has 1 aliphatic carbocycles. The van der Waals surface area contributed by atoms with Crippen molar-refractivity contribution in [3.8, 4) is 0 Å². The molecule has 2 rings (SSSR count). The number of rotatable bonds is 7. The molecule has 1 aromatic rings. The van der Waals surface area contributed by atoms with Crippen LogP contribution in [0.1, 0.15) is 31.5 Å². The van der Waals surface area contributed by atoms with Gasteiger partial charge in [0.25, 0.3) is 0 Å². The third-order valence-electron chi connectivity index (χ3n) is 2.90. The molecule has 0 aliphatic heterocycles. The van der Waals surface area contributed by atoms with E-state index in [-0.39, 0.29) is 5.91 Å². The van der Waals surface area contributed by atoms with Crippen LogP contribution in [-0.4, -0.2) is 28.0 Å². The van der Waals surface area contributed by atoms with E-state index in [1.807, 2.05) is 17.8 Å². The van der Waals surface area contributed by atoms with Crippen molar-refractivity contribution in [2.24, 2.45) is 7.05 Å². The molecule has 1 fully saturated rings. The van der Waals surface area contributed by atoms with Gasteiger partial charge in [-0.3, -0.25) is 4.79 Å². The minimum Gasteiger partial charge on any atom is -0.353 e. The Morgan fingerprint density at radius 1 is 1.59 bits per heavy atom. The Bertz CT molecular complexity index is 370. The number of aromatic nitrogens is 2. The summed E-state index contributed by atoms with van der Waals surface area (Å²) in [6.45, 7) is 1.61. The van der Waals surface area contributed by atoms with E-state index in [4.69, 9.17) is 0 Å². The van der Waals surface area contributed by atoms with Gasteiger partial charge in [-0.05, 0) is 25.8 Å². The fraction of sp³-hybridized carbons (Fsp3) is 0.667. The summed E-state index contributed by atoms with van der Waals surface area (Å²) >= 11 is 0. The summed E-state index contributed by atoms with van der Waals surface area (Å²) in [7, 11) is 1.98. The number of carbonyl (C=O) groups excluding carboxylic acids is 1. The zero-order chi connectivity index (χ0) is 12.1. The normalized spacial score (nSPS) is 14.9. The van der Waals surface area contributed by atoms with Crippen molar-refractivity contribution >= 4 is 5.91 Å². The largest absolute Gasteiger partial charge is 0.353 e. The molecule has 0 bridgehead atoms. The van der Waals surface area contributed by atoms with Gasteiger partial charge in [-0.25, -0.2) is 4.98 Å². The molecular formula is C12H20N4O. The fourth-order valence-corrected chi connectivity index (χ4v) is 1.67. The van der Waals surface area contributed by atoms with E-state index < -0.39 is 0 Å². The molecule has 1 heterocycles. The molecule has 0 atom stereocenters. The SMILES string of the molecule is Cn1ccnc1CNCCCC(=O)NC1CC1.